The topological polar surface area (TPSA) is 49.7 Å². The van der Waals surface area contributed by atoms with E-state index in [4.69, 9.17) is 0 Å². The summed E-state index contributed by atoms with van der Waals surface area (Å²) in [6.45, 7) is 0. The van der Waals surface area contributed by atoms with Gasteiger partial charge in [0, 0.05) is 19.1 Å². The van der Waals surface area contributed by atoms with E-state index in [9.17, 15) is 9.90 Å². The lowest BCUT2D eigenvalue weighted by molar-refractivity contribution is -0.115. The molecule has 2 rings (SSSR count). The first kappa shape index (κ1) is 13.0. The maximum atomic E-state index is 11.6. The highest BCUT2D eigenvalue weighted by Crippen LogP contribution is 2.20. The Morgan fingerprint density at radius 1 is 1.33 bits per heavy atom. The van der Waals surface area contributed by atoms with Gasteiger partial charge >= 0.3 is 0 Å². The molecule has 0 fully saturated rings. The Labute approximate surface area is 114 Å². The van der Waals surface area contributed by atoms with E-state index in [1.807, 2.05) is 24.3 Å². The minimum absolute atomic E-state index is 0.0302. The van der Waals surface area contributed by atoms with E-state index < -0.39 is 0 Å². The zero-order chi connectivity index (χ0) is 13.0. The summed E-state index contributed by atoms with van der Waals surface area (Å²) in [4.78, 5) is 15.9. The van der Waals surface area contributed by atoms with Gasteiger partial charge in [-0.15, -0.1) is 0 Å². The third-order valence-electron chi connectivity index (χ3n) is 2.81. The Bertz CT molecular complexity index is 510. The summed E-state index contributed by atoms with van der Waals surface area (Å²) < 4.78 is 1.08. The number of aliphatic hydroxyl groups excluding tert-OH is 1. The van der Waals surface area contributed by atoms with Crippen LogP contribution in [0.2, 0.25) is 0 Å². The molecule has 2 aliphatic rings. The molecule has 2 aliphatic carbocycles. The quantitative estimate of drug-likeness (QED) is 0.790. The van der Waals surface area contributed by atoms with Crippen LogP contribution in [0.15, 0.2) is 50.8 Å². The second-order valence-electron chi connectivity index (χ2n) is 4.21. The van der Waals surface area contributed by atoms with E-state index in [1.165, 1.54) is 6.21 Å². The lowest BCUT2D eigenvalue weighted by Gasteiger charge is -2.11. The molecule has 0 spiro atoms. The molecule has 0 saturated carbocycles. The fourth-order valence-electron chi connectivity index (χ4n) is 1.81. The highest BCUT2D eigenvalue weighted by Gasteiger charge is 2.18. The van der Waals surface area contributed by atoms with Crippen molar-refractivity contribution in [2.45, 2.75) is 25.7 Å². The second kappa shape index (κ2) is 5.96. The number of aliphatic hydroxyl groups is 1. The number of carbonyl (C=O) groups is 1. The van der Waals surface area contributed by atoms with Gasteiger partial charge in [0.05, 0.1) is 11.3 Å². The molecule has 1 N–H and O–H groups in total. The van der Waals surface area contributed by atoms with Gasteiger partial charge in [-0.05, 0) is 35.6 Å². The van der Waals surface area contributed by atoms with E-state index in [0.29, 0.717) is 18.4 Å². The van der Waals surface area contributed by atoms with Crippen LogP contribution >= 0.6 is 15.9 Å². The molecular weight excluding hydrogens is 294 g/mol. The molecule has 0 bridgehead atoms. The van der Waals surface area contributed by atoms with E-state index in [-0.39, 0.29) is 11.5 Å². The molecule has 0 atom stereocenters. The van der Waals surface area contributed by atoms with Crippen molar-refractivity contribution in [1.82, 2.24) is 0 Å². The molecule has 0 radical (unpaired) electrons. The predicted molar refractivity (Wildman–Crippen MR) is 75.9 cm³/mol. The molecule has 0 saturated heterocycles. The third kappa shape index (κ3) is 3.29. The van der Waals surface area contributed by atoms with Gasteiger partial charge < -0.3 is 5.11 Å². The first-order valence-electron chi connectivity index (χ1n) is 5.89. The van der Waals surface area contributed by atoms with Gasteiger partial charge in [-0.25, -0.2) is 0 Å². The summed E-state index contributed by atoms with van der Waals surface area (Å²) in [5.74, 6) is 0.127. The summed E-state index contributed by atoms with van der Waals surface area (Å²) in [5.41, 5.74) is 1.12. The maximum Gasteiger partial charge on any atom is 0.167 e. The van der Waals surface area contributed by atoms with Gasteiger partial charge in [-0.1, -0.05) is 22.0 Å². The molecule has 3 nitrogen and oxygen atoms in total. The number of carbonyl (C=O) groups excluding carboxylic acids is 1. The highest BCUT2D eigenvalue weighted by molar-refractivity contribution is 9.11. The monoisotopic (exact) mass is 307 g/mol. The zero-order valence-corrected chi connectivity index (χ0v) is 11.5. The standard InChI is InChI=1S/C14H14BrNO2/c15-10-3-1-4-11(8-7-10)16-9-12-13(17)5-2-6-14(12)18/h1,4,7-9,17H,2-3,5-6H2. The molecule has 0 aromatic heterocycles. The maximum absolute atomic E-state index is 11.6. The minimum atomic E-state index is -0.0302. The summed E-state index contributed by atoms with van der Waals surface area (Å²) in [7, 11) is 0. The van der Waals surface area contributed by atoms with Gasteiger partial charge in [-0.2, -0.15) is 0 Å². The molecule has 0 aromatic rings. The number of aliphatic imine (C=N–C) groups is 1. The van der Waals surface area contributed by atoms with Crippen molar-refractivity contribution < 1.29 is 9.90 Å². The second-order valence-corrected chi connectivity index (χ2v) is 5.23. The van der Waals surface area contributed by atoms with Crippen LogP contribution in [0.1, 0.15) is 25.7 Å². The van der Waals surface area contributed by atoms with Crippen LogP contribution in [0.25, 0.3) is 0 Å². The normalized spacial score (nSPS) is 21.1. The first-order chi connectivity index (χ1) is 8.66. The fraction of sp³-hybridized carbons (Fsp3) is 0.286. The molecule has 0 aliphatic heterocycles. The number of halogens is 1. The van der Waals surface area contributed by atoms with Crippen LogP contribution in [0, 0.1) is 0 Å². The van der Waals surface area contributed by atoms with Crippen LogP contribution in [-0.4, -0.2) is 17.1 Å². The molecule has 18 heavy (non-hydrogen) atoms. The van der Waals surface area contributed by atoms with Crippen molar-refractivity contribution in [3.63, 3.8) is 0 Å². The molecule has 4 heteroatoms. The Morgan fingerprint density at radius 3 is 2.94 bits per heavy atom. The van der Waals surface area contributed by atoms with Crippen molar-refractivity contribution in [2.24, 2.45) is 4.99 Å². The lowest BCUT2D eigenvalue weighted by atomic mass is 9.97. The fourth-order valence-corrected chi connectivity index (χ4v) is 2.13. The Morgan fingerprint density at radius 2 is 2.17 bits per heavy atom. The average Bonchev–Trinajstić information content (AvgIpc) is 2.54. The van der Waals surface area contributed by atoms with Crippen LogP contribution in [0.4, 0.5) is 0 Å². The van der Waals surface area contributed by atoms with Crippen molar-refractivity contribution >= 4 is 27.9 Å². The van der Waals surface area contributed by atoms with E-state index in [1.54, 1.807) is 0 Å². The van der Waals surface area contributed by atoms with Gasteiger partial charge in [0.1, 0.15) is 5.76 Å². The van der Waals surface area contributed by atoms with Gasteiger partial charge in [0.2, 0.25) is 0 Å². The Hall–Kier alpha value is -1.42. The smallest absolute Gasteiger partial charge is 0.167 e. The number of hydrogen-bond acceptors (Lipinski definition) is 3. The van der Waals surface area contributed by atoms with Gasteiger partial charge in [0.15, 0.2) is 5.78 Å². The zero-order valence-electron chi connectivity index (χ0n) is 9.90. The average molecular weight is 308 g/mol. The molecule has 0 aromatic carbocycles. The van der Waals surface area contributed by atoms with Crippen LogP contribution in [0.3, 0.4) is 0 Å². The van der Waals surface area contributed by atoms with E-state index >= 15 is 0 Å². The van der Waals surface area contributed by atoms with E-state index in [0.717, 1.165) is 23.0 Å². The molecule has 0 unspecified atom stereocenters. The van der Waals surface area contributed by atoms with Crippen molar-refractivity contribution in [3.8, 4) is 0 Å². The molecule has 94 valence electrons. The predicted octanol–water partition coefficient (Wildman–Crippen LogP) is 3.74. The number of rotatable bonds is 2. The van der Waals surface area contributed by atoms with Crippen LogP contribution < -0.4 is 0 Å². The molecule has 0 heterocycles. The minimum Gasteiger partial charge on any atom is -0.512 e. The lowest BCUT2D eigenvalue weighted by Crippen LogP contribution is -2.12. The Balaban J connectivity index is 2.18. The summed E-state index contributed by atoms with van der Waals surface area (Å²) >= 11 is 3.42. The number of Topliss-reactive ketones (excluding diaryl/α,β-unsaturated/α-hetero) is 1. The SMILES string of the molecule is O=C1CCCC(O)=C1C=NC1=CC=C(Br)CC=C1. The highest BCUT2D eigenvalue weighted by atomic mass is 79.9. The van der Waals surface area contributed by atoms with E-state index in [2.05, 4.69) is 20.9 Å². The number of ketones is 1. The van der Waals surface area contributed by atoms with Crippen molar-refractivity contribution in [3.05, 3.63) is 45.8 Å². The van der Waals surface area contributed by atoms with Gasteiger partial charge in [-0.3, -0.25) is 9.79 Å². The van der Waals surface area contributed by atoms with Crippen LogP contribution in [0.5, 0.6) is 0 Å². The summed E-state index contributed by atoms with van der Waals surface area (Å²) in [6.07, 6.45) is 11.8. The number of allylic oxidation sites excluding steroid dienone is 7. The summed E-state index contributed by atoms with van der Waals surface area (Å²) in [5, 5.41) is 9.68. The van der Waals surface area contributed by atoms with Crippen molar-refractivity contribution in [2.75, 3.05) is 0 Å². The molecular formula is C14H14BrNO2. The van der Waals surface area contributed by atoms with Crippen LogP contribution in [-0.2, 0) is 4.79 Å². The largest absolute Gasteiger partial charge is 0.512 e. The number of nitrogens with zero attached hydrogens (tertiary/aromatic N) is 1. The summed E-state index contributed by atoms with van der Waals surface area (Å²) in [6, 6.07) is 0. The molecule has 0 amide bonds. The van der Waals surface area contributed by atoms with Gasteiger partial charge in [0.25, 0.3) is 0 Å². The number of hydrogen-bond donors (Lipinski definition) is 1. The van der Waals surface area contributed by atoms with Crippen molar-refractivity contribution in [1.29, 1.82) is 0 Å². The Kier molecular flexibility index (Phi) is 4.31. The first-order valence-corrected chi connectivity index (χ1v) is 6.68. The third-order valence-corrected chi connectivity index (χ3v) is 3.40.